The lowest BCUT2D eigenvalue weighted by molar-refractivity contribution is 0.127. The third-order valence-electron chi connectivity index (χ3n) is 3.65. The maximum absolute atomic E-state index is 12.8. The molecule has 0 saturated carbocycles. The van der Waals surface area contributed by atoms with Crippen molar-refractivity contribution in [2.75, 3.05) is 18.4 Å². The van der Waals surface area contributed by atoms with Gasteiger partial charge in [0.2, 0.25) is 5.96 Å². The maximum atomic E-state index is 12.8. The van der Waals surface area contributed by atoms with E-state index in [4.69, 9.17) is 36.8 Å². The summed E-state index contributed by atoms with van der Waals surface area (Å²) in [6, 6.07) is 9.61. The predicted molar refractivity (Wildman–Crippen MR) is 115 cm³/mol. The van der Waals surface area contributed by atoms with Gasteiger partial charge in [-0.3, -0.25) is 0 Å². The third-order valence-corrected chi connectivity index (χ3v) is 7.26. The lowest BCUT2D eigenvalue weighted by atomic mass is 10.2. The molecule has 170 valence electrons. The number of hydrogen-bond acceptors (Lipinski definition) is 8. The summed E-state index contributed by atoms with van der Waals surface area (Å²) >= 11 is 5.48. The van der Waals surface area contributed by atoms with Crippen LogP contribution in [-0.4, -0.2) is 41.2 Å². The number of aryl methyl sites for hydroxylation is 1. The molecule has 0 aliphatic carbocycles. The number of rotatable bonds is 11. The molecule has 2 rings (SSSR count). The Morgan fingerprint density at radius 1 is 1.00 bits per heavy atom. The van der Waals surface area contributed by atoms with Crippen molar-refractivity contribution in [3.8, 4) is 11.5 Å². The fourth-order valence-electron chi connectivity index (χ4n) is 2.42. The number of halogens is 1. The van der Waals surface area contributed by atoms with Gasteiger partial charge < -0.3 is 25.2 Å². The average Bonchev–Trinajstić information content (AvgIpc) is 2.69. The molecule has 0 heterocycles. The van der Waals surface area contributed by atoms with Gasteiger partial charge in [-0.1, -0.05) is 12.1 Å². The minimum Gasteiger partial charge on any atom is -0.493 e. The Bertz CT molecular complexity index is 1150. The van der Waals surface area contributed by atoms with Gasteiger partial charge in [0.05, 0.1) is 11.5 Å². The summed E-state index contributed by atoms with van der Waals surface area (Å²) in [7, 11) is -8.46. The molecule has 2 aromatic carbocycles. The number of sulfone groups is 1. The first-order valence-corrected chi connectivity index (χ1v) is 12.4. The van der Waals surface area contributed by atoms with Crippen molar-refractivity contribution < 1.29 is 30.6 Å². The Kier molecular flexibility index (Phi) is 8.36. The number of guanidine groups is 1. The molecule has 4 N–H and O–H groups in total. The number of oxime groups is 1. The first kappa shape index (κ1) is 24.6. The van der Waals surface area contributed by atoms with Crippen LogP contribution in [0.1, 0.15) is 12.0 Å². The van der Waals surface area contributed by atoms with Crippen LogP contribution in [0.25, 0.3) is 0 Å². The summed E-state index contributed by atoms with van der Waals surface area (Å²) < 4.78 is 60.6. The van der Waals surface area contributed by atoms with Gasteiger partial charge >= 0.3 is 10.1 Å². The topological polar surface area (TPSA) is 160 Å². The molecule has 10 nitrogen and oxygen atoms in total. The molecule has 0 saturated heterocycles. The Morgan fingerprint density at radius 3 is 2.29 bits per heavy atom. The van der Waals surface area contributed by atoms with Crippen LogP contribution >= 0.6 is 11.6 Å². The molecule has 13 heteroatoms. The van der Waals surface area contributed by atoms with E-state index in [1.807, 2.05) is 0 Å². The molecule has 0 amide bonds. The zero-order valence-corrected chi connectivity index (χ0v) is 18.9. The molecule has 0 radical (unpaired) electrons. The van der Waals surface area contributed by atoms with Gasteiger partial charge in [0, 0.05) is 12.5 Å². The van der Waals surface area contributed by atoms with Crippen molar-refractivity contribution in [2.45, 2.75) is 23.1 Å². The first-order valence-electron chi connectivity index (χ1n) is 8.83. The molecule has 0 aliphatic heterocycles. The highest BCUT2D eigenvalue weighted by Crippen LogP contribution is 2.29. The van der Waals surface area contributed by atoms with Crippen molar-refractivity contribution in [1.82, 2.24) is 0 Å². The molecule has 0 atom stereocenters. The summed E-state index contributed by atoms with van der Waals surface area (Å²) in [6.07, 6.45) is 0.461. The van der Waals surface area contributed by atoms with Crippen molar-refractivity contribution in [1.29, 1.82) is 0 Å². The second kappa shape index (κ2) is 10.6. The fourth-order valence-corrected chi connectivity index (χ4v) is 5.24. The van der Waals surface area contributed by atoms with E-state index in [0.29, 0.717) is 17.7 Å². The van der Waals surface area contributed by atoms with Gasteiger partial charge in [-0.05, 0) is 41.9 Å². The molecule has 31 heavy (non-hydrogen) atoms. The SMILES string of the molecule is Cc1cc(OCCCON=C(N)N)cc(OS(=O)(=O)c2ccccc2S(=O)(=O)CCl)c1. The monoisotopic (exact) mass is 491 g/mol. The van der Waals surface area contributed by atoms with Crippen molar-refractivity contribution >= 4 is 37.5 Å². The van der Waals surface area contributed by atoms with Crippen LogP contribution in [0, 0.1) is 6.92 Å². The average molecular weight is 492 g/mol. The molecule has 0 spiro atoms. The fraction of sp³-hybridized carbons (Fsp3) is 0.278. The van der Waals surface area contributed by atoms with Crippen LogP contribution in [0.4, 0.5) is 0 Å². The summed E-state index contributed by atoms with van der Waals surface area (Å²) in [5.74, 6) is 0.126. The van der Waals surface area contributed by atoms with Gasteiger partial charge in [-0.25, -0.2) is 8.42 Å². The number of nitrogens with two attached hydrogens (primary N) is 2. The highest BCUT2D eigenvalue weighted by Gasteiger charge is 2.27. The molecular weight excluding hydrogens is 470 g/mol. The van der Waals surface area contributed by atoms with Crippen molar-refractivity contribution in [2.24, 2.45) is 16.6 Å². The number of hydrogen-bond donors (Lipinski definition) is 2. The largest absolute Gasteiger partial charge is 0.493 e. The third kappa shape index (κ3) is 7.19. The van der Waals surface area contributed by atoms with E-state index in [2.05, 4.69) is 5.16 Å². The van der Waals surface area contributed by atoms with Crippen LogP contribution in [0.15, 0.2) is 57.4 Å². The van der Waals surface area contributed by atoms with Crippen molar-refractivity contribution in [3.05, 3.63) is 48.0 Å². The van der Waals surface area contributed by atoms with Crippen LogP contribution in [0.2, 0.25) is 0 Å². The second-order valence-electron chi connectivity index (χ2n) is 6.24. The van der Waals surface area contributed by atoms with E-state index in [0.717, 1.165) is 12.1 Å². The normalized spacial score (nSPS) is 11.5. The molecule has 0 aliphatic rings. The second-order valence-corrected chi connectivity index (χ2v) is 10.3. The van der Waals surface area contributed by atoms with Gasteiger partial charge in [-0.15, -0.1) is 11.6 Å². The summed E-state index contributed by atoms with van der Waals surface area (Å²) in [6.45, 7) is 2.18. The molecule has 0 bridgehead atoms. The van der Waals surface area contributed by atoms with Crippen LogP contribution in [-0.2, 0) is 24.8 Å². The van der Waals surface area contributed by atoms with Gasteiger partial charge in [0.1, 0.15) is 28.2 Å². The molecule has 0 unspecified atom stereocenters. The van der Waals surface area contributed by atoms with E-state index in [-0.39, 0.29) is 24.9 Å². The minimum absolute atomic E-state index is 0.0372. The Morgan fingerprint density at radius 2 is 1.65 bits per heavy atom. The van der Waals surface area contributed by atoms with Gasteiger partial charge in [0.15, 0.2) is 9.84 Å². The Labute approximate surface area is 185 Å². The highest BCUT2D eigenvalue weighted by atomic mass is 35.5. The van der Waals surface area contributed by atoms with Gasteiger partial charge in [-0.2, -0.15) is 8.42 Å². The van der Waals surface area contributed by atoms with Crippen LogP contribution in [0.5, 0.6) is 11.5 Å². The lowest BCUT2D eigenvalue weighted by Gasteiger charge is -2.13. The minimum atomic E-state index is -4.46. The van der Waals surface area contributed by atoms with E-state index in [1.54, 1.807) is 13.0 Å². The number of benzene rings is 2. The number of nitrogens with zero attached hydrogens (tertiary/aromatic N) is 1. The highest BCUT2D eigenvalue weighted by molar-refractivity contribution is 7.94. The van der Waals surface area contributed by atoms with E-state index >= 15 is 0 Å². The molecular formula is C18H22ClN3O7S2. The zero-order valence-electron chi connectivity index (χ0n) is 16.5. The predicted octanol–water partition coefficient (Wildman–Crippen LogP) is 1.71. The smallest absolute Gasteiger partial charge is 0.340 e. The van der Waals surface area contributed by atoms with Crippen molar-refractivity contribution in [3.63, 3.8) is 0 Å². The van der Waals surface area contributed by atoms with E-state index in [1.165, 1.54) is 24.3 Å². The number of ether oxygens (including phenoxy) is 1. The van der Waals surface area contributed by atoms with E-state index < -0.39 is 35.0 Å². The zero-order chi connectivity index (χ0) is 23.1. The summed E-state index contributed by atoms with van der Waals surface area (Å²) in [4.78, 5) is 3.90. The molecule has 0 aromatic heterocycles. The first-order chi connectivity index (χ1) is 14.5. The molecule has 0 fully saturated rings. The van der Waals surface area contributed by atoms with Crippen LogP contribution < -0.4 is 20.4 Å². The molecule has 2 aromatic rings. The van der Waals surface area contributed by atoms with E-state index in [9.17, 15) is 16.8 Å². The quantitative estimate of drug-likeness (QED) is 0.119. The summed E-state index contributed by atoms with van der Waals surface area (Å²) in [5.41, 5.74) is 10.9. The Balaban J connectivity index is 2.17. The Hall–Kier alpha value is -2.70. The number of alkyl halides is 1. The maximum Gasteiger partial charge on any atom is 0.340 e. The summed E-state index contributed by atoms with van der Waals surface area (Å²) in [5, 5.41) is 2.61. The van der Waals surface area contributed by atoms with Gasteiger partial charge in [0.25, 0.3) is 0 Å². The standard InChI is InChI=1S/C18H22ClN3O7S2/c1-13-9-14(27-7-4-8-28-22-18(20)21)11-15(10-13)29-31(25,26)17-6-3-2-5-16(17)30(23,24)12-19/h2-3,5-6,9-11H,4,7-8,12H2,1H3,(H4,20,21,22). The lowest BCUT2D eigenvalue weighted by Crippen LogP contribution is -2.23. The van der Waals surface area contributed by atoms with Crippen LogP contribution in [0.3, 0.4) is 0 Å².